The fraction of sp³-hybridized carbons (Fsp3) is 0.465. The number of carbonyl (C=O) groups excluding carboxylic acids is 5. The number of likely N-dealkylation sites (tertiary alicyclic amines) is 2. The molecule has 3 fully saturated rings. The van der Waals surface area contributed by atoms with E-state index in [0.717, 1.165) is 27.7 Å². The summed E-state index contributed by atoms with van der Waals surface area (Å²) in [7, 11) is 0. The number of nitrogens with one attached hydrogen (secondary N) is 4. The van der Waals surface area contributed by atoms with Crippen molar-refractivity contribution < 1.29 is 29.1 Å². The van der Waals surface area contributed by atoms with Gasteiger partial charge >= 0.3 is 11.7 Å². The molecule has 1 unspecified atom stereocenters. The highest BCUT2D eigenvalue weighted by molar-refractivity contribution is 5.93. The number of anilines is 1. The Morgan fingerprint density at radius 1 is 0.855 bits per heavy atom. The van der Waals surface area contributed by atoms with Gasteiger partial charge in [0.05, 0.1) is 29.6 Å². The number of hydrogen-bond acceptors (Lipinski definition) is 11. The third-order valence-electron chi connectivity index (χ3n) is 12.5. The molecule has 3 aliphatic heterocycles. The summed E-state index contributed by atoms with van der Waals surface area (Å²) in [5.41, 5.74) is 4.56. The van der Waals surface area contributed by atoms with Gasteiger partial charge in [0.2, 0.25) is 17.7 Å². The second-order valence-corrected chi connectivity index (χ2v) is 16.5. The zero-order chi connectivity index (χ0) is 43.3. The summed E-state index contributed by atoms with van der Waals surface area (Å²) in [4.78, 5) is 98.0. The molecular weight excluding hydrogens is 797 g/mol. The molecule has 1 aromatic carbocycles. The Kier molecular flexibility index (Phi) is 12.5. The van der Waals surface area contributed by atoms with Gasteiger partial charge in [-0.1, -0.05) is 6.07 Å². The van der Waals surface area contributed by atoms with Gasteiger partial charge in [0.1, 0.15) is 12.1 Å². The van der Waals surface area contributed by atoms with Crippen molar-refractivity contribution in [3.05, 3.63) is 82.8 Å². The number of fused-ring (bicyclic) bond motifs is 2. The van der Waals surface area contributed by atoms with Gasteiger partial charge in [0, 0.05) is 94.5 Å². The number of hydrogen-bond donors (Lipinski definition) is 4. The minimum Gasteiger partial charge on any atom is -0.550 e. The van der Waals surface area contributed by atoms with E-state index >= 15 is 0 Å². The number of amides is 5. The third kappa shape index (κ3) is 9.40. The van der Waals surface area contributed by atoms with Gasteiger partial charge in [0.25, 0.3) is 0 Å². The maximum Gasteiger partial charge on any atom is 0.327 e. The van der Waals surface area contributed by atoms with Crippen LogP contribution in [0.1, 0.15) is 55.7 Å². The van der Waals surface area contributed by atoms with Crippen LogP contribution in [-0.2, 0) is 25.6 Å². The summed E-state index contributed by atoms with van der Waals surface area (Å²) in [6.45, 7) is 5.34. The Balaban J connectivity index is 0.995. The van der Waals surface area contributed by atoms with Gasteiger partial charge in [0.15, 0.2) is 5.65 Å². The molecule has 8 rings (SSSR count). The van der Waals surface area contributed by atoms with Gasteiger partial charge in [-0.2, -0.15) is 5.10 Å². The Morgan fingerprint density at radius 3 is 2.31 bits per heavy atom. The molecule has 326 valence electrons. The highest BCUT2D eigenvalue weighted by Crippen LogP contribution is 2.27. The summed E-state index contributed by atoms with van der Waals surface area (Å²) >= 11 is 0. The number of rotatable bonds is 12. The van der Waals surface area contributed by atoms with Gasteiger partial charge in [-0.15, -0.1) is 0 Å². The molecule has 0 aliphatic carbocycles. The predicted molar refractivity (Wildman–Crippen MR) is 226 cm³/mol. The number of nitrogens with zero attached hydrogens (tertiary/aromatic N) is 8. The molecular formula is C43H51N12O7-. The molecule has 5 amide bonds. The average Bonchev–Trinajstić information content (AvgIpc) is 3.90. The molecule has 3 aliphatic rings. The zero-order valence-corrected chi connectivity index (χ0v) is 34.6. The van der Waals surface area contributed by atoms with Crippen LogP contribution in [0.3, 0.4) is 0 Å². The van der Waals surface area contributed by atoms with Crippen LogP contribution in [0, 0.1) is 12.8 Å². The maximum atomic E-state index is 14.6. The number of carbonyl (C=O) groups is 5. The number of carboxylic acids is 1. The van der Waals surface area contributed by atoms with Crippen molar-refractivity contribution in [3.63, 3.8) is 0 Å². The fourth-order valence-electron chi connectivity index (χ4n) is 9.20. The van der Waals surface area contributed by atoms with Crippen LogP contribution in [0.2, 0.25) is 0 Å². The number of pyridine rings is 2. The van der Waals surface area contributed by atoms with Crippen LogP contribution in [0.4, 0.5) is 10.5 Å². The highest BCUT2D eigenvalue weighted by atomic mass is 16.4. The number of aryl methyl sites for hydroxylation is 1. The summed E-state index contributed by atoms with van der Waals surface area (Å²) in [5.74, 6) is -2.72. The van der Waals surface area contributed by atoms with Crippen molar-refractivity contribution in [2.75, 3.05) is 57.3 Å². The molecule has 5 aromatic rings. The second kappa shape index (κ2) is 18.4. The van der Waals surface area contributed by atoms with Crippen molar-refractivity contribution >= 4 is 57.5 Å². The van der Waals surface area contributed by atoms with E-state index in [4.69, 9.17) is 0 Å². The zero-order valence-electron chi connectivity index (χ0n) is 34.6. The molecule has 19 nitrogen and oxygen atoms in total. The molecule has 0 saturated carbocycles. The van der Waals surface area contributed by atoms with Crippen molar-refractivity contribution in [1.29, 1.82) is 0 Å². The van der Waals surface area contributed by atoms with Crippen LogP contribution in [0.15, 0.2) is 66.0 Å². The average molecular weight is 848 g/mol. The van der Waals surface area contributed by atoms with Crippen molar-refractivity contribution in [2.24, 2.45) is 5.92 Å². The topological polar surface area (TPSA) is 238 Å². The molecule has 7 heterocycles. The number of imidazole rings is 1. The molecule has 3 saturated heterocycles. The van der Waals surface area contributed by atoms with E-state index < -0.39 is 42.3 Å². The third-order valence-corrected chi connectivity index (χ3v) is 12.5. The van der Waals surface area contributed by atoms with Crippen LogP contribution in [0.25, 0.3) is 22.1 Å². The minimum absolute atomic E-state index is 0.0460. The van der Waals surface area contributed by atoms with E-state index in [1.807, 2.05) is 37.3 Å². The van der Waals surface area contributed by atoms with E-state index in [-0.39, 0.29) is 30.0 Å². The number of aliphatic carboxylic acids is 1. The van der Waals surface area contributed by atoms with Gasteiger partial charge in [-0.25, -0.2) is 14.6 Å². The largest absolute Gasteiger partial charge is 0.550 e. The smallest absolute Gasteiger partial charge is 0.327 e. The van der Waals surface area contributed by atoms with E-state index in [9.17, 15) is 33.9 Å². The number of H-pyrrole nitrogens is 2. The summed E-state index contributed by atoms with van der Waals surface area (Å²) in [5, 5.41) is 25.2. The number of aromatic nitrogens is 6. The van der Waals surface area contributed by atoms with Gasteiger partial charge < -0.3 is 40.1 Å². The first kappa shape index (κ1) is 41.9. The SMILES string of the molecule is Cc1cc(CC(NC(=O)N2CCC(n3c(=O)[nH]c4ncccc43)CC2)C(=O)N[C@@H](CC2CCN(C(=O)CC(=O)[O-])CC2)C(=O)N2CCN(c3ccncc3)CC2)cc2cn[nH]c12. The minimum atomic E-state index is -1.43. The molecule has 0 bridgehead atoms. The van der Waals surface area contributed by atoms with E-state index in [1.165, 1.54) is 4.90 Å². The normalized spacial score (nSPS) is 17.6. The monoisotopic (exact) mass is 847 g/mol. The first-order valence-electron chi connectivity index (χ1n) is 21.3. The number of piperazine rings is 1. The lowest BCUT2D eigenvalue weighted by atomic mass is 9.89. The van der Waals surface area contributed by atoms with Crippen molar-refractivity contribution in [2.45, 2.75) is 70.0 Å². The first-order chi connectivity index (χ1) is 30.0. The number of carboxylic acid groups (broad SMARTS) is 1. The Morgan fingerprint density at radius 2 is 1.58 bits per heavy atom. The quantitative estimate of drug-likeness (QED) is 0.129. The Hall–Kier alpha value is -6.79. The standard InChI is InChI=1S/C43H52N12O7/c1-27-21-29(22-30-26-46-50-38(27)30)24-33(48-42(61)54-15-8-32(9-16-54)55-35-3-2-10-45-39(35)49-43(55)62)40(59)47-34(23-28-6-13-52(14-7-28)36(56)25-37(57)58)41(60)53-19-17-51(18-20-53)31-4-11-44-12-5-31/h2-5,10-12,21-22,26,28,32-34H,6-9,13-20,23-25H2,1H3,(H,46,50)(H,47,59)(H,48,61)(H,57,58)(H,45,49,62)/p-1/t33?,34-/m0/s1. The second-order valence-electron chi connectivity index (χ2n) is 16.5. The predicted octanol–water partition coefficient (Wildman–Crippen LogP) is 0.864. The van der Waals surface area contributed by atoms with Gasteiger partial charge in [-0.05, 0) is 86.4 Å². The molecule has 62 heavy (non-hydrogen) atoms. The number of piperidine rings is 2. The summed E-state index contributed by atoms with van der Waals surface area (Å²) in [6.07, 6.45) is 8.62. The van der Waals surface area contributed by atoms with Crippen LogP contribution in [-0.4, -0.2) is 139 Å². The number of urea groups is 1. The molecule has 0 radical (unpaired) electrons. The maximum absolute atomic E-state index is 14.6. The van der Waals surface area contributed by atoms with Crippen molar-refractivity contribution in [3.8, 4) is 0 Å². The van der Waals surface area contributed by atoms with Crippen LogP contribution < -0.4 is 26.3 Å². The molecule has 2 atom stereocenters. The molecule has 0 spiro atoms. The van der Waals surface area contributed by atoms with E-state index in [1.54, 1.807) is 45.2 Å². The Bertz CT molecular complexity index is 2480. The van der Waals surface area contributed by atoms with E-state index in [0.29, 0.717) is 95.6 Å². The molecule has 4 N–H and O–H groups in total. The van der Waals surface area contributed by atoms with Crippen LogP contribution >= 0.6 is 0 Å². The highest BCUT2D eigenvalue weighted by Gasteiger charge is 2.36. The molecule has 19 heteroatoms. The number of aromatic amines is 2. The van der Waals surface area contributed by atoms with Crippen molar-refractivity contribution in [1.82, 2.24) is 55.0 Å². The molecule has 4 aromatic heterocycles. The first-order valence-corrected chi connectivity index (χ1v) is 21.3. The lowest BCUT2D eigenvalue weighted by Gasteiger charge is -2.39. The Labute approximate surface area is 356 Å². The van der Waals surface area contributed by atoms with Gasteiger partial charge in [-0.3, -0.25) is 34.0 Å². The lowest BCUT2D eigenvalue weighted by Crippen LogP contribution is -2.59. The lowest BCUT2D eigenvalue weighted by molar-refractivity contribution is -0.304. The summed E-state index contributed by atoms with van der Waals surface area (Å²) < 4.78 is 1.70. The van der Waals surface area contributed by atoms with E-state index in [2.05, 4.69) is 40.7 Å². The fourth-order valence-corrected chi connectivity index (χ4v) is 9.20. The van der Waals surface area contributed by atoms with Crippen LogP contribution in [0.5, 0.6) is 0 Å². The number of benzene rings is 1. The summed E-state index contributed by atoms with van der Waals surface area (Å²) in [6, 6.07) is 8.79.